The highest BCUT2D eigenvalue weighted by molar-refractivity contribution is 6.08. The van der Waals surface area contributed by atoms with Crippen LogP contribution in [0.15, 0.2) is 209 Å². The van der Waals surface area contributed by atoms with Crippen LogP contribution in [0.3, 0.4) is 0 Å². The monoisotopic (exact) mass is 767 g/mol. The molecule has 0 saturated carbocycles. The Bertz CT molecular complexity index is 3470. The van der Waals surface area contributed by atoms with Crippen molar-refractivity contribution in [2.45, 2.75) is 0 Å². The second kappa shape index (κ2) is 13.8. The number of nitrogens with zero attached hydrogens (tertiary/aromatic N) is 3. The summed E-state index contributed by atoms with van der Waals surface area (Å²) in [5, 5.41) is 6.55. The second-order valence-electron chi connectivity index (χ2n) is 15.2. The fraction of sp³-hybridized carbons (Fsp3) is 0. The first-order valence-corrected chi connectivity index (χ1v) is 20.1. The van der Waals surface area contributed by atoms with Crippen molar-refractivity contribution in [1.29, 1.82) is 0 Å². The van der Waals surface area contributed by atoms with Gasteiger partial charge in [-0.2, -0.15) is 0 Å². The normalized spacial score (nSPS) is 11.7. The largest absolute Gasteiger partial charge is 0.456 e. The van der Waals surface area contributed by atoms with Crippen LogP contribution in [0.25, 0.3) is 122 Å². The van der Waals surface area contributed by atoms with E-state index in [4.69, 9.17) is 18.8 Å². The predicted octanol–water partition coefficient (Wildman–Crippen LogP) is 14.8. The molecule has 0 fully saturated rings. The maximum Gasteiger partial charge on any atom is 0.161 e. The third kappa shape index (κ3) is 5.75. The summed E-state index contributed by atoms with van der Waals surface area (Å²) in [5.41, 5.74) is 14.6. The molecule has 0 radical (unpaired) electrons. The Labute approximate surface area is 344 Å². The van der Waals surface area contributed by atoms with Crippen LogP contribution in [0.5, 0.6) is 0 Å². The zero-order valence-electron chi connectivity index (χ0n) is 32.2. The molecule has 0 aliphatic carbocycles. The number of para-hydroxylation sites is 2. The van der Waals surface area contributed by atoms with Gasteiger partial charge in [-0.3, -0.25) is 4.98 Å². The minimum absolute atomic E-state index is 0.657. The summed E-state index contributed by atoms with van der Waals surface area (Å²) in [6.07, 6.45) is 3.72. The fourth-order valence-electron chi connectivity index (χ4n) is 8.67. The summed E-state index contributed by atoms with van der Waals surface area (Å²) in [5.74, 6) is 0.657. The quantitative estimate of drug-likeness (QED) is 0.169. The van der Waals surface area contributed by atoms with Gasteiger partial charge in [0.2, 0.25) is 0 Å². The van der Waals surface area contributed by atoms with E-state index in [9.17, 15) is 0 Å². The van der Waals surface area contributed by atoms with Crippen molar-refractivity contribution in [2.24, 2.45) is 0 Å². The summed E-state index contributed by atoms with van der Waals surface area (Å²) < 4.78 is 12.5. The first kappa shape index (κ1) is 33.9. The molecular weight excluding hydrogens is 735 g/mol. The lowest BCUT2D eigenvalue weighted by atomic mass is 9.93. The Morgan fingerprint density at radius 1 is 0.300 bits per heavy atom. The standard InChI is InChI=1S/C55H33N3O2/c1-2-11-34(12-3-1)49-32-50(58-55(57-49)46-19-9-17-42-41(16-8-18-43(42)46)37-13-10-26-56-33-37)40-28-38(35-22-24-53-47(30-35)44-14-4-6-20-51(44)59-53)27-39(29-40)36-23-25-54-48(31-36)45-15-5-7-21-52(45)60-54/h1-33H. The molecule has 12 aromatic rings. The van der Waals surface area contributed by atoms with Crippen molar-refractivity contribution in [3.05, 3.63) is 200 Å². The van der Waals surface area contributed by atoms with E-state index in [0.29, 0.717) is 5.82 Å². The lowest BCUT2D eigenvalue weighted by molar-refractivity contribution is 0.668. The highest BCUT2D eigenvalue weighted by atomic mass is 16.3. The number of hydrogen-bond donors (Lipinski definition) is 0. The van der Waals surface area contributed by atoms with Crippen LogP contribution in [0.4, 0.5) is 0 Å². The fourth-order valence-corrected chi connectivity index (χ4v) is 8.67. The molecule has 0 saturated heterocycles. The van der Waals surface area contributed by atoms with Gasteiger partial charge in [0, 0.05) is 56.2 Å². The lowest BCUT2D eigenvalue weighted by Gasteiger charge is -2.15. The van der Waals surface area contributed by atoms with Gasteiger partial charge >= 0.3 is 0 Å². The van der Waals surface area contributed by atoms with E-state index in [0.717, 1.165) is 116 Å². The van der Waals surface area contributed by atoms with Crippen molar-refractivity contribution in [3.63, 3.8) is 0 Å². The Hall–Kier alpha value is -8.15. The summed E-state index contributed by atoms with van der Waals surface area (Å²) >= 11 is 0. The van der Waals surface area contributed by atoms with Gasteiger partial charge in [0.05, 0.1) is 11.4 Å². The summed E-state index contributed by atoms with van der Waals surface area (Å²) in [7, 11) is 0. The Kier molecular flexibility index (Phi) is 7.78. The van der Waals surface area contributed by atoms with Gasteiger partial charge in [-0.1, -0.05) is 121 Å². The number of aromatic nitrogens is 3. The first-order chi connectivity index (χ1) is 29.7. The molecule has 4 aromatic heterocycles. The molecule has 0 aliphatic rings. The Morgan fingerprint density at radius 2 is 0.817 bits per heavy atom. The van der Waals surface area contributed by atoms with Crippen LogP contribution in [-0.4, -0.2) is 15.0 Å². The molecule has 12 rings (SSSR count). The molecule has 0 atom stereocenters. The topological polar surface area (TPSA) is 65.0 Å². The van der Waals surface area contributed by atoms with Crippen molar-refractivity contribution >= 4 is 54.6 Å². The minimum atomic E-state index is 0.657. The van der Waals surface area contributed by atoms with Crippen LogP contribution in [0.1, 0.15) is 0 Å². The molecule has 0 aliphatic heterocycles. The maximum atomic E-state index is 6.24. The molecule has 5 nitrogen and oxygen atoms in total. The van der Waals surface area contributed by atoms with Crippen molar-refractivity contribution < 1.29 is 8.83 Å². The number of benzene rings is 8. The predicted molar refractivity (Wildman–Crippen MR) is 245 cm³/mol. The number of rotatable bonds is 6. The number of fused-ring (bicyclic) bond motifs is 7. The number of pyridine rings is 1. The van der Waals surface area contributed by atoms with E-state index in [2.05, 4.69) is 157 Å². The molecular formula is C55H33N3O2. The van der Waals surface area contributed by atoms with Crippen LogP contribution in [0.2, 0.25) is 0 Å². The third-order valence-electron chi connectivity index (χ3n) is 11.6. The molecule has 60 heavy (non-hydrogen) atoms. The van der Waals surface area contributed by atoms with Gasteiger partial charge in [0.15, 0.2) is 5.82 Å². The zero-order valence-corrected chi connectivity index (χ0v) is 32.2. The molecule has 0 N–H and O–H groups in total. The second-order valence-corrected chi connectivity index (χ2v) is 15.2. The molecule has 0 unspecified atom stereocenters. The SMILES string of the molecule is c1ccc(-c2cc(-c3cc(-c4ccc5oc6ccccc6c5c4)cc(-c4ccc5oc6ccccc6c5c4)c3)nc(-c3cccc4c(-c5cccnc5)cccc34)n2)cc1. The smallest absolute Gasteiger partial charge is 0.161 e. The highest BCUT2D eigenvalue weighted by Crippen LogP contribution is 2.40. The molecule has 0 bridgehead atoms. The van der Waals surface area contributed by atoms with Crippen LogP contribution in [0, 0.1) is 0 Å². The molecule has 5 heteroatoms. The van der Waals surface area contributed by atoms with Gasteiger partial charge in [-0.05, 0) is 105 Å². The summed E-state index contributed by atoms with van der Waals surface area (Å²) in [6.45, 7) is 0. The summed E-state index contributed by atoms with van der Waals surface area (Å²) in [6, 6.07) is 65.5. The summed E-state index contributed by atoms with van der Waals surface area (Å²) in [4.78, 5) is 15.1. The Balaban J connectivity index is 1.09. The third-order valence-corrected chi connectivity index (χ3v) is 11.6. The minimum Gasteiger partial charge on any atom is -0.456 e. The van der Waals surface area contributed by atoms with E-state index in [1.807, 2.05) is 42.6 Å². The highest BCUT2D eigenvalue weighted by Gasteiger charge is 2.18. The van der Waals surface area contributed by atoms with Crippen LogP contribution >= 0.6 is 0 Å². The average Bonchev–Trinajstić information content (AvgIpc) is 3.89. The van der Waals surface area contributed by atoms with E-state index < -0.39 is 0 Å². The lowest BCUT2D eigenvalue weighted by Crippen LogP contribution is -1.97. The van der Waals surface area contributed by atoms with Crippen molar-refractivity contribution in [1.82, 2.24) is 15.0 Å². The molecule has 0 spiro atoms. The van der Waals surface area contributed by atoms with E-state index >= 15 is 0 Å². The zero-order chi connectivity index (χ0) is 39.6. The van der Waals surface area contributed by atoms with Gasteiger partial charge in [0.25, 0.3) is 0 Å². The van der Waals surface area contributed by atoms with Crippen LogP contribution in [-0.2, 0) is 0 Å². The molecule has 280 valence electrons. The van der Waals surface area contributed by atoms with Gasteiger partial charge < -0.3 is 8.83 Å². The van der Waals surface area contributed by atoms with Crippen molar-refractivity contribution in [3.8, 4) is 67.3 Å². The molecule has 4 heterocycles. The first-order valence-electron chi connectivity index (χ1n) is 20.1. The average molecular weight is 768 g/mol. The maximum absolute atomic E-state index is 6.24. The van der Waals surface area contributed by atoms with Crippen molar-refractivity contribution in [2.75, 3.05) is 0 Å². The number of hydrogen-bond acceptors (Lipinski definition) is 5. The van der Waals surface area contributed by atoms with E-state index in [1.165, 1.54) is 0 Å². The van der Waals surface area contributed by atoms with Gasteiger partial charge in [0.1, 0.15) is 22.3 Å². The van der Waals surface area contributed by atoms with Gasteiger partial charge in [-0.15, -0.1) is 0 Å². The number of furan rings is 2. The van der Waals surface area contributed by atoms with Crippen LogP contribution < -0.4 is 0 Å². The van der Waals surface area contributed by atoms with Gasteiger partial charge in [-0.25, -0.2) is 9.97 Å². The van der Waals surface area contributed by atoms with E-state index in [-0.39, 0.29) is 0 Å². The van der Waals surface area contributed by atoms with E-state index in [1.54, 1.807) is 6.20 Å². The molecule has 0 amide bonds. The Morgan fingerprint density at radius 3 is 1.45 bits per heavy atom. The molecule has 8 aromatic carbocycles.